The average Bonchev–Trinajstić information content (AvgIpc) is 2.39. The fraction of sp³-hybridized carbons (Fsp3) is 0.0833. The van der Waals surface area contributed by atoms with E-state index in [9.17, 15) is 10.1 Å². The third-order valence-electron chi connectivity index (χ3n) is 2.32. The van der Waals surface area contributed by atoms with Gasteiger partial charge in [0.15, 0.2) is 0 Å². The van der Waals surface area contributed by atoms with Crippen LogP contribution in [0.3, 0.4) is 0 Å². The Kier molecular flexibility index (Phi) is 4.34. The number of hydrogen-bond donors (Lipinski definition) is 0. The van der Waals surface area contributed by atoms with Crippen LogP contribution in [-0.4, -0.2) is 9.91 Å². The molecule has 0 amide bonds. The molecule has 1 aromatic heterocycles. The second kappa shape index (κ2) is 5.99. The molecule has 0 radical (unpaired) electrons. The van der Waals surface area contributed by atoms with E-state index in [-0.39, 0.29) is 11.4 Å². The SMILES string of the molecule is O=[N+]([O-])c1ccc(Cl)cc1Oc1ncccc1CBr. The lowest BCUT2D eigenvalue weighted by atomic mass is 10.3. The first-order chi connectivity index (χ1) is 9.11. The summed E-state index contributed by atoms with van der Waals surface area (Å²) < 4.78 is 5.51. The molecule has 0 atom stereocenters. The van der Waals surface area contributed by atoms with E-state index in [0.717, 1.165) is 5.56 Å². The van der Waals surface area contributed by atoms with Crippen LogP contribution in [0.5, 0.6) is 11.6 Å². The maximum absolute atomic E-state index is 10.9. The maximum atomic E-state index is 10.9. The van der Waals surface area contributed by atoms with Gasteiger partial charge in [-0.2, -0.15) is 0 Å². The summed E-state index contributed by atoms with van der Waals surface area (Å²) in [5, 5.41) is 11.8. The molecule has 0 saturated heterocycles. The summed E-state index contributed by atoms with van der Waals surface area (Å²) in [7, 11) is 0. The molecule has 0 unspecified atom stereocenters. The number of nitro groups is 1. The summed E-state index contributed by atoms with van der Waals surface area (Å²) in [6, 6.07) is 7.71. The van der Waals surface area contributed by atoms with Crippen molar-refractivity contribution in [2.24, 2.45) is 0 Å². The molecule has 0 spiro atoms. The zero-order chi connectivity index (χ0) is 13.8. The second-order valence-corrected chi connectivity index (χ2v) is 4.57. The molecule has 0 bridgehead atoms. The Bertz CT molecular complexity index is 622. The number of halogens is 2. The molecule has 7 heteroatoms. The normalized spacial score (nSPS) is 10.2. The van der Waals surface area contributed by atoms with Crippen molar-refractivity contribution in [3.63, 3.8) is 0 Å². The molecular weight excluding hydrogens is 336 g/mol. The van der Waals surface area contributed by atoms with Gasteiger partial charge in [-0.1, -0.05) is 33.6 Å². The fourth-order valence-electron chi connectivity index (χ4n) is 1.44. The largest absolute Gasteiger partial charge is 0.431 e. The quantitative estimate of drug-likeness (QED) is 0.471. The highest BCUT2D eigenvalue weighted by Gasteiger charge is 2.17. The third-order valence-corrected chi connectivity index (χ3v) is 3.16. The van der Waals surface area contributed by atoms with Crippen LogP contribution < -0.4 is 4.74 Å². The maximum Gasteiger partial charge on any atom is 0.311 e. The zero-order valence-corrected chi connectivity index (χ0v) is 11.9. The molecule has 19 heavy (non-hydrogen) atoms. The van der Waals surface area contributed by atoms with Gasteiger partial charge in [0.25, 0.3) is 0 Å². The van der Waals surface area contributed by atoms with E-state index in [0.29, 0.717) is 16.2 Å². The molecule has 0 saturated carbocycles. The molecular formula is C12H8BrClN2O3. The van der Waals surface area contributed by atoms with E-state index in [2.05, 4.69) is 20.9 Å². The molecule has 2 rings (SSSR count). The first-order valence-corrected chi connectivity index (χ1v) is 6.73. The van der Waals surface area contributed by atoms with E-state index >= 15 is 0 Å². The number of alkyl halides is 1. The van der Waals surface area contributed by atoms with Crippen LogP contribution in [0.2, 0.25) is 5.02 Å². The first kappa shape index (κ1) is 13.8. The Labute approximate surface area is 122 Å². The molecule has 1 aromatic carbocycles. The van der Waals surface area contributed by atoms with Gasteiger partial charge in [-0.25, -0.2) is 4.98 Å². The number of hydrogen-bond acceptors (Lipinski definition) is 4. The van der Waals surface area contributed by atoms with E-state index in [1.165, 1.54) is 18.2 Å². The minimum absolute atomic E-state index is 0.0680. The van der Waals surface area contributed by atoms with Crippen molar-refractivity contribution in [3.8, 4) is 11.6 Å². The van der Waals surface area contributed by atoms with Gasteiger partial charge in [-0.3, -0.25) is 10.1 Å². The van der Waals surface area contributed by atoms with Crippen LogP contribution in [0, 0.1) is 10.1 Å². The van der Waals surface area contributed by atoms with Crippen LogP contribution >= 0.6 is 27.5 Å². The van der Waals surface area contributed by atoms with Crippen molar-refractivity contribution in [1.29, 1.82) is 0 Å². The highest BCUT2D eigenvalue weighted by atomic mass is 79.9. The topological polar surface area (TPSA) is 65.3 Å². The van der Waals surface area contributed by atoms with Gasteiger partial charge in [0.05, 0.1) is 4.92 Å². The summed E-state index contributed by atoms with van der Waals surface area (Å²) in [5.41, 5.74) is 0.632. The average molecular weight is 344 g/mol. The molecule has 0 aliphatic heterocycles. The predicted octanol–water partition coefficient (Wildman–Crippen LogP) is 4.33. The van der Waals surface area contributed by atoms with Gasteiger partial charge in [0.2, 0.25) is 11.6 Å². The molecule has 0 fully saturated rings. The first-order valence-electron chi connectivity index (χ1n) is 5.23. The summed E-state index contributed by atoms with van der Waals surface area (Å²) in [6.07, 6.45) is 1.55. The lowest BCUT2D eigenvalue weighted by Gasteiger charge is -2.08. The Balaban J connectivity index is 2.42. The summed E-state index contributed by atoms with van der Waals surface area (Å²) in [5.74, 6) is 0.378. The van der Waals surface area contributed by atoms with Gasteiger partial charge in [0, 0.05) is 34.2 Å². The number of nitro benzene ring substituents is 1. The lowest BCUT2D eigenvalue weighted by Crippen LogP contribution is -1.96. The van der Waals surface area contributed by atoms with Crippen molar-refractivity contribution in [3.05, 3.63) is 57.2 Å². The van der Waals surface area contributed by atoms with Crippen molar-refractivity contribution in [1.82, 2.24) is 4.98 Å². The number of pyridine rings is 1. The fourth-order valence-corrected chi connectivity index (χ4v) is 2.03. The van der Waals surface area contributed by atoms with Crippen LogP contribution in [0.15, 0.2) is 36.5 Å². The Morgan fingerprint density at radius 3 is 2.89 bits per heavy atom. The van der Waals surface area contributed by atoms with Gasteiger partial charge in [-0.15, -0.1) is 0 Å². The molecule has 0 N–H and O–H groups in total. The summed E-state index contributed by atoms with van der Waals surface area (Å²) in [6.45, 7) is 0. The van der Waals surface area contributed by atoms with Gasteiger partial charge < -0.3 is 4.74 Å². The van der Waals surface area contributed by atoms with Gasteiger partial charge in [0.1, 0.15) is 0 Å². The zero-order valence-electron chi connectivity index (χ0n) is 9.55. The standard InChI is InChI=1S/C12H8BrClN2O3/c13-7-8-2-1-5-15-12(8)19-11-6-9(14)3-4-10(11)16(17)18/h1-6H,7H2. The van der Waals surface area contributed by atoms with E-state index < -0.39 is 4.92 Å². The Morgan fingerprint density at radius 1 is 1.42 bits per heavy atom. The molecule has 98 valence electrons. The van der Waals surface area contributed by atoms with Crippen molar-refractivity contribution in [2.45, 2.75) is 5.33 Å². The molecule has 0 aliphatic carbocycles. The minimum Gasteiger partial charge on any atom is -0.431 e. The van der Waals surface area contributed by atoms with E-state index in [1.54, 1.807) is 12.3 Å². The van der Waals surface area contributed by atoms with Gasteiger partial charge in [-0.05, 0) is 12.1 Å². The Morgan fingerprint density at radius 2 is 2.21 bits per heavy atom. The predicted molar refractivity (Wildman–Crippen MR) is 75.0 cm³/mol. The molecule has 5 nitrogen and oxygen atoms in total. The number of aromatic nitrogens is 1. The van der Waals surface area contributed by atoms with Crippen LogP contribution in [-0.2, 0) is 5.33 Å². The highest BCUT2D eigenvalue weighted by Crippen LogP contribution is 2.34. The van der Waals surface area contributed by atoms with Crippen molar-refractivity contribution in [2.75, 3.05) is 0 Å². The van der Waals surface area contributed by atoms with Crippen LogP contribution in [0.1, 0.15) is 5.56 Å². The smallest absolute Gasteiger partial charge is 0.311 e. The second-order valence-electron chi connectivity index (χ2n) is 3.57. The van der Waals surface area contributed by atoms with Crippen LogP contribution in [0.25, 0.3) is 0 Å². The highest BCUT2D eigenvalue weighted by molar-refractivity contribution is 9.08. The monoisotopic (exact) mass is 342 g/mol. The van der Waals surface area contributed by atoms with Crippen molar-refractivity contribution < 1.29 is 9.66 Å². The lowest BCUT2D eigenvalue weighted by molar-refractivity contribution is -0.385. The third kappa shape index (κ3) is 3.21. The van der Waals surface area contributed by atoms with Crippen molar-refractivity contribution >= 4 is 33.2 Å². The summed E-state index contributed by atoms with van der Waals surface area (Å²) in [4.78, 5) is 14.5. The molecule has 0 aliphatic rings. The number of ether oxygens (including phenoxy) is 1. The minimum atomic E-state index is -0.525. The number of nitrogens with zero attached hydrogens (tertiary/aromatic N) is 2. The van der Waals surface area contributed by atoms with E-state index in [4.69, 9.17) is 16.3 Å². The number of rotatable bonds is 4. The number of benzene rings is 1. The van der Waals surface area contributed by atoms with E-state index in [1.807, 2.05) is 6.07 Å². The van der Waals surface area contributed by atoms with Crippen LogP contribution in [0.4, 0.5) is 5.69 Å². The molecule has 2 aromatic rings. The Hall–Kier alpha value is -1.66. The summed E-state index contributed by atoms with van der Waals surface area (Å²) >= 11 is 9.13. The molecule has 1 heterocycles. The van der Waals surface area contributed by atoms with Gasteiger partial charge >= 0.3 is 5.69 Å².